The minimum absolute atomic E-state index is 0.235. The van der Waals surface area contributed by atoms with Crippen molar-refractivity contribution in [1.82, 2.24) is 24.5 Å². The first-order valence-electron chi connectivity index (χ1n) is 10.9. The van der Waals surface area contributed by atoms with Crippen LogP contribution in [0.25, 0.3) is 17.1 Å². The molecule has 1 aromatic carbocycles. The average molecular weight is 485 g/mol. The third-order valence-corrected chi connectivity index (χ3v) is 6.72. The first-order valence-corrected chi connectivity index (χ1v) is 12.4. The molecule has 178 valence electrons. The van der Waals surface area contributed by atoms with Crippen LogP contribution in [0.4, 0.5) is 22.0 Å². The van der Waals surface area contributed by atoms with E-state index in [1.807, 2.05) is 11.0 Å². The average Bonchev–Trinajstić information content (AvgIpc) is 3.50. The number of rotatable bonds is 7. The molecule has 5 rings (SSSR count). The molecule has 1 aliphatic rings. The van der Waals surface area contributed by atoms with Crippen LogP contribution >= 0.6 is 0 Å². The van der Waals surface area contributed by atoms with Gasteiger partial charge in [0.1, 0.15) is 11.5 Å². The number of hydrogen-bond donors (Lipinski definition) is 2. The van der Waals surface area contributed by atoms with Gasteiger partial charge < -0.3 is 20.4 Å². The summed E-state index contributed by atoms with van der Waals surface area (Å²) in [5.74, 6) is 0.974. The standard InChI is InChI=1S/C22H25FN8O2S/c1-34(32)15-4-5-18(16(23)13-15)30-10-8-29(9-11-30)7-6-25-22-26-20-14-17(19-3-2-12-33-19)28-31(20)21(24)27-22/h2-5,12-14H,6-11H2,1H3,(H3,24,25,26,27)/t34-/m1/s1. The summed E-state index contributed by atoms with van der Waals surface area (Å²) in [7, 11) is -1.19. The van der Waals surface area contributed by atoms with Crippen LogP contribution in [0.15, 0.2) is 52.0 Å². The van der Waals surface area contributed by atoms with Gasteiger partial charge in [-0.05, 0) is 30.3 Å². The highest BCUT2D eigenvalue weighted by Gasteiger charge is 2.20. The van der Waals surface area contributed by atoms with E-state index in [9.17, 15) is 8.60 Å². The minimum atomic E-state index is -1.19. The Morgan fingerprint density at radius 2 is 2.00 bits per heavy atom. The summed E-state index contributed by atoms with van der Waals surface area (Å²) in [4.78, 5) is 13.6. The first kappa shape index (κ1) is 22.3. The van der Waals surface area contributed by atoms with Crippen molar-refractivity contribution in [3.05, 3.63) is 48.5 Å². The van der Waals surface area contributed by atoms with Crippen molar-refractivity contribution >= 4 is 34.0 Å². The molecule has 0 bridgehead atoms. The van der Waals surface area contributed by atoms with Crippen molar-refractivity contribution in [2.75, 3.05) is 61.5 Å². The Morgan fingerprint density at radius 1 is 1.18 bits per heavy atom. The van der Waals surface area contributed by atoms with E-state index in [0.717, 1.165) is 19.6 Å². The van der Waals surface area contributed by atoms with Crippen molar-refractivity contribution in [3.63, 3.8) is 0 Å². The Balaban J connectivity index is 1.15. The van der Waals surface area contributed by atoms with E-state index in [4.69, 9.17) is 10.2 Å². The number of nitrogens with zero attached hydrogens (tertiary/aromatic N) is 6. The number of hydrogen-bond acceptors (Lipinski definition) is 9. The van der Waals surface area contributed by atoms with Gasteiger partial charge in [-0.25, -0.2) is 4.39 Å². The normalized spacial score (nSPS) is 15.6. The van der Waals surface area contributed by atoms with E-state index in [0.29, 0.717) is 53.3 Å². The number of fused-ring (bicyclic) bond motifs is 1. The molecule has 3 aromatic heterocycles. The van der Waals surface area contributed by atoms with E-state index < -0.39 is 10.8 Å². The van der Waals surface area contributed by atoms with Gasteiger partial charge in [-0.15, -0.1) is 0 Å². The molecule has 0 spiro atoms. The first-order chi connectivity index (χ1) is 16.5. The number of piperazine rings is 1. The zero-order valence-corrected chi connectivity index (χ0v) is 19.5. The molecule has 4 heterocycles. The van der Waals surface area contributed by atoms with Gasteiger partial charge in [-0.2, -0.15) is 19.6 Å². The lowest BCUT2D eigenvalue weighted by molar-refractivity contribution is 0.266. The van der Waals surface area contributed by atoms with Crippen molar-refractivity contribution in [1.29, 1.82) is 0 Å². The smallest absolute Gasteiger partial charge is 0.228 e. The topological polar surface area (TPSA) is 118 Å². The predicted molar refractivity (Wildman–Crippen MR) is 129 cm³/mol. The minimum Gasteiger partial charge on any atom is -0.463 e. The number of nitrogen functional groups attached to an aromatic ring is 1. The summed E-state index contributed by atoms with van der Waals surface area (Å²) in [5.41, 5.74) is 7.83. The monoisotopic (exact) mass is 484 g/mol. The molecule has 4 aromatic rings. The second-order valence-corrected chi connectivity index (χ2v) is 9.38. The summed E-state index contributed by atoms with van der Waals surface area (Å²) in [6, 6.07) is 10.2. The summed E-state index contributed by atoms with van der Waals surface area (Å²) >= 11 is 0. The largest absolute Gasteiger partial charge is 0.463 e. The second kappa shape index (κ2) is 9.39. The SMILES string of the molecule is C[S@@](=O)c1ccc(N2CCN(CCNc3nc(N)n4nc(-c5ccco5)cc4n3)CC2)c(F)c1. The predicted octanol–water partition coefficient (Wildman–Crippen LogP) is 2.08. The van der Waals surface area contributed by atoms with Crippen LogP contribution in [-0.2, 0) is 10.8 Å². The molecule has 0 amide bonds. The van der Waals surface area contributed by atoms with Crippen molar-refractivity contribution in [2.45, 2.75) is 4.90 Å². The van der Waals surface area contributed by atoms with E-state index in [1.54, 1.807) is 36.8 Å². The summed E-state index contributed by atoms with van der Waals surface area (Å²) in [5, 5.41) is 7.62. The Labute approximate surface area is 198 Å². The number of halogens is 1. The highest BCUT2D eigenvalue weighted by molar-refractivity contribution is 7.84. The Hall–Kier alpha value is -3.51. The molecular formula is C22H25FN8O2S. The fourth-order valence-corrected chi connectivity index (χ4v) is 4.52. The molecule has 1 atom stereocenters. The van der Waals surface area contributed by atoms with Gasteiger partial charge in [0.2, 0.25) is 11.9 Å². The van der Waals surface area contributed by atoms with Gasteiger partial charge in [0.15, 0.2) is 11.4 Å². The van der Waals surface area contributed by atoms with E-state index in [-0.39, 0.29) is 11.8 Å². The van der Waals surface area contributed by atoms with Crippen LogP contribution in [0.3, 0.4) is 0 Å². The molecule has 0 radical (unpaired) electrons. The summed E-state index contributed by atoms with van der Waals surface area (Å²) < 4.78 is 32.9. The molecule has 3 N–H and O–H groups in total. The quantitative estimate of drug-likeness (QED) is 0.406. The lowest BCUT2D eigenvalue weighted by Crippen LogP contribution is -2.48. The van der Waals surface area contributed by atoms with E-state index in [2.05, 4.69) is 25.3 Å². The van der Waals surface area contributed by atoms with Crippen molar-refractivity contribution in [2.24, 2.45) is 0 Å². The van der Waals surface area contributed by atoms with Crippen molar-refractivity contribution in [3.8, 4) is 11.5 Å². The van der Waals surface area contributed by atoms with Crippen LogP contribution in [0.1, 0.15) is 0 Å². The summed E-state index contributed by atoms with van der Waals surface area (Å²) in [6.45, 7) is 4.47. The third-order valence-electron chi connectivity index (χ3n) is 5.80. The molecule has 0 unspecified atom stereocenters. The number of furan rings is 1. The molecule has 1 aliphatic heterocycles. The van der Waals surface area contributed by atoms with Gasteiger partial charge in [-0.3, -0.25) is 9.11 Å². The fourth-order valence-electron chi connectivity index (χ4n) is 3.99. The highest BCUT2D eigenvalue weighted by Crippen LogP contribution is 2.23. The summed E-state index contributed by atoms with van der Waals surface area (Å²) in [6.07, 6.45) is 3.13. The number of nitrogens with two attached hydrogens (primary N) is 1. The zero-order chi connectivity index (χ0) is 23.7. The van der Waals surface area contributed by atoms with Crippen LogP contribution in [0.5, 0.6) is 0 Å². The van der Waals surface area contributed by atoms with Crippen LogP contribution < -0.4 is 16.0 Å². The number of anilines is 3. The second-order valence-electron chi connectivity index (χ2n) is 8.01. The lowest BCUT2D eigenvalue weighted by atomic mass is 10.2. The fraction of sp³-hybridized carbons (Fsp3) is 0.318. The zero-order valence-electron chi connectivity index (χ0n) is 18.6. The molecule has 34 heavy (non-hydrogen) atoms. The Morgan fingerprint density at radius 3 is 2.71 bits per heavy atom. The van der Waals surface area contributed by atoms with E-state index >= 15 is 0 Å². The maximum absolute atomic E-state index is 14.5. The van der Waals surface area contributed by atoms with Crippen molar-refractivity contribution < 1.29 is 13.0 Å². The molecule has 10 nitrogen and oxygen atoms in total. The molecule has 1 saturated heterocycles. The Kier molecular flexibility index (Phi) is 6.16. The van der Waals surface area contributed by atoms with Gasteiger partial charge in [0.25, 0.3) is 0 Å². The number of nitrogens with one attached hydrogen (secondary N) is 1. The number of aromatic nitrogens is 4. The van der Waals surface area contributed by atoms with Gasteiger partial charge in [-0.1, -0.05) is 0 Å². The molecule has 0 aliphatic carbocycles. The third kappa shape index (κ3) is 4.59. The molecule has 12 heteroatoms. The Bertz CT molecular complexity index is 1320. The van der Waals surface area contributed by atoms with Gasteiger partial charge in [0, 0.05) is 67.3 Å². The highest BCUT2D eigenvalue weighted by atomic mass is 32.2. The maximum Gasteiger partial charge on any atom is 0.228 e. The van der Waals surface area contributed by atoms with Crippen LogP contribution in [-0.4, -0.2) is 74.2 Å². The van der Waals surface area contributed by atoms with Crippen LogP contribution in [0.2, 0.25) is 0 Å². The van der Waals surface area contributed by atoms with Gasteiger partial charge in [0.05, 0.1) is 12.0 Å². The molecule has 1 fully saturated rings. The molecular weight excluding hydrogens is 459 g/mol. The van der Waals surface area contributed by atoms with E-state index in [1.165, 1.54) is 10.6 Å². The van der Waals surface area contributed by atoms with Gasteiger partial charge >= 0.3 is 0 Å². The lowest BCUT2D eigenvalue weighted by Gasteiger charge is -2.36. The van der Waals surface area contributed by atoms with Crippen LogP contribution in [0, 0.1) is 5.82 Å². The maximum atomic E-state index is 14.5. The number of benzene rings is 1. The molecule has 0 saturated carbocycles.